The van der Waals surface area contributed by atoms with Gasteiger partial charge < -0.3 is 11.1 Å². The lowest BCUT2D eigenvalue weighted by Crippen LogP contribution is -2.46. The Bertz CT molecular complexity index is 301. The molecule has 1 rings (SSSR count). The zero-order valence-electron chi connectivity index (χ0n) is 9.37. The Labute approximate surface area is 96.0 Å². The third kappa shape index (κ3) is 3.58. The predicted molar refractivity (Wildman–Crippen MR) is 61.2 cm³/mol. The molecule has 0 bridgehead atoms. The summed E-state index contributed by atoms with van der Waals surface area (Å²) < 4.78 is 0. The summed E-state index contributed by atoms with van der Waals surface area (Å²) in [5, 5.41) is 2.63. The molecule has 1 saturated carbocycles. The summed E-state index contributed by atoms with van der Waals surface area (Å²) in [6.45, 7) is 0. The quantitative estimate of drug-likeness (QED) is 0.682. The van der Waals surface area contributed by atoms with Crippen LogP contribution >= 0.6 is 0 Å². The van der Waals surface area contributed by atoms with Gasteiger partial charge in [-0.1, -0.05) is 19.3 Å². The van der Waals surface area contributed by atoms with Gasteiger partial charge in [-0.05, 0) is 12.8 Å². The van der Waals surface area contributed by atoms with Gasteiger partial charge in [-0.15, -0.1) is 12.3 Å². The topological polar surface area (TPSA) is 72.2 Å². The second-order valence-corrected chi connectivity index (χ2v) is 4.21. The molecule has 0 aromatic carbocycles. The van der Waals surface area contributed by atoms with Crippen molar-refractivity contribution in [2.24, 2.45) is 11.7 Å². The van der Waals surface area contributed by atoms with Gasteiger partial charge in [-0.2, -0.15) is 0 Å². The van der Waals surface area contributed by atoms with E-state index in [-0.39, 0.29) is 18.2 Å². The highest BCUT2D eigenvalue weighted by atomic mass is 16.2. The Balaban J connectivity index is 2.47. The zero-order chi connectivity index (χ0) is 12.0. The highest BCUT2D eigenvalue weighted by Crippen LogP contribution is 2.23. The fourth-order valence-electron chi connectivity index (χ4n) is 1.99. The molecule has 0 radical (unpaired) electrons. The first-order chi connectivity index (χ1) is 7.65. The molecule has 0 heterocycles. The molecule has 0 aromatic rings. The van der Waals surface area contributed by atoms with Crippen LogP contribution in [0.25, 0.3) is 0 Å². The molecule has 1 aliphatic rings. The van der Waals surface area contributed by atoms with Gasteiger partial charge >= 0.3 is 0 Å². The number of primary amides is 1. The summed E-state index contributed by atoms with van der Waals surface area (Å²) in [6, 6.07) is -0.723. The van der Waals surface area contributed by atoms with E-state index in [1.54, 1.807) is 0 Å². The summed E-state index contributed by atoms with van der Waals surface area (Å²) in [4.78, 5) is 22.8. The normalized spacial score (nSPS) is 18.4. The van der Waals surface area contributed by atoms with Gasteiger partial charge in [0, 0.05) is 12.3 Å². The third-order valence-electron chi connectivity index (χ3n) is 2.96. The number of nitrogens with two attached hydrogens (primary N) is 1. The summed E-state index contributed by atoms with van der Waals surface area (Å²) >= 11 is 0. The van der Waals surface area contributed by atoms with Gasteiger partial charge in [0.15, 0.2) is 0 Å². The van der Waals surface area contributed by atoms with Crippen molar-refractivity contribution in [3.8, 4) is 12.3 Å². The number of nitrogens with one attached hydrogen (secondary N) is 1. The van der Waals surface area contributed by atoms with Crippen LogP contribution in [0.2, 0.25) is 0 Å². The molecule has 0 unspecified atom stereocenters. The van der Waals surface area contributed by atoms with Gasteiger partial charge in [0.2, 0.25) is 11.8 Å². The number of amides is 2. The minimum atomic E-state index is -0.723. The van der Waals surface area contributed by atoms with Crippen LogP contribution in [-0.4, -0.2) is 17.9 Å². The van der Waals surface area contributed by atoms with E-state index in [0.717, 1.165) is 25.7 Å². The Hall–Kier alpha value is -1.50. The zero-order valence-corrected chi connectivity index (χ0v) is 9.37. The maximum Gasteiger partial charge on any atom is 0.240 e. The van der Waals surface area contributed by atoms with Crippen LogP contribution in [0.15, 0.2) is 0 Å². The molecule has 0 aromatic heterocycles. The lowest BCUT2D eigenvalue weighted by Gasteiger charge is -2.22. The van der Waals surface area contributed by atoms with Crippen LogP contribution in [0.5, 0.6) is 0 Å². The first kappa shape index (κ1) is 12.6. The van der Waals surface area contributed by atoms with Crippen LogP contribution < -0.4 is 11.1 Å². The average Bonchev–Trinajstić information content (AvgIpc) is 2.29. The van der Waals surface area contributed by atoms with Crippen molar-refractivity contribution in [2.75, 3.05) is 0 Å². The Morgan fingerprint density at radius 2 is 2.00 bits per heavy atom. The summed E-state index contributed by atoms with van der Waals surface area (Å²) in [7, 11) is 0. The molecule has 1 atom stereocenters. The molecule has 0 aliphatic heterocycles. The molecule has 1 aliphatic carbocycles. The second kappa shape index (κ2) is 6.16. The SMILES string of the molecule is C#CC[C@@H](NC(=O)C1CCCCC1)C(N)=O. The molecule has 16 heavy (non-hydrogen) atoms. The Kier molecular flexibility index (Phi) is 4.84. The number of carbonyl (C=O) groups is 2. The second-order valence-electron chi connectivity index (χ2n) is 4.21. The summed E-state index contributed by atoms with van der Waals surface area (Å²) in [5.41, 5.74) is 5.15. The van der Waals surface area contributed by atoms with Gasteiger partial charge in [0.1, 0.15) is 6.04 Å². The van der Waals surface area contributed by atoms with Gasteiger partial charge in [-0.25, -0.2) is 0 Å². The van der Waals surface area contributed by atoms with Crippen molar-refractivity contribution < 1.29 is 9.59 Å². The first-order valence-corrected chi connectivity index (χ1v) is 5.68. The van der Waals surface area contributed by atoms with E-state index in [2.05, 4.69) is 11.2 Å². The fourth-order valence-corrected chi connectivity index (χ4v) is 1.99. The molecule has 4 nitrogen and oxygen atoms in total. The fraction of sp³-hybridized carbons (Fsp3) is 0.667. The van der Waals surface area contributed by atoms with Gasteiger partial charge in [0.25, 0.3) is 0 Å². The van der Waals surface area contributed by atoms with Gasteiger partial charge in [-0.3, -0.25) is 9.59 Å². The molecule has 0 spiro atoms. The average molecular weight is 222 g/mol. The van der Waals surface area contributed by atoms with Crippen molar-refractivity contribution in [1.29, 1.82) is 0 Å². The minimum Gasteiger partial charge on any atom is -0.368 e. The van der Waals surface area contributed by atoms with Crippen LogP contribution in [0.3, 0.4) is 0 Å². The molecule has 88 valence electrons. The number of terminal acetylenes is 1. The molecule has 3 N–H and O–H groups in total. The van der Waals surface area contributed by atoms with Crippen LogP contribution in [0.4, 0.5) is 0 Å². The maximum atomic E-state index is 11.8. The maximum absolute atomic E-state index is 11.8. The first-order valence-electron chi connectivity index (χ1n) is 5.68. The lowest BCUT2D eigenvalue weighted by atomic mass is 9.88. The largest absolute Gasteiger partial charge is 0.368 e. The Morgan fingerprint density at radius 3 is 2.50 bits per heavy atom. The van der Waals surface area contributed by atoms with E-state index in [0.29, 0.717) is 0 Å². The van der Waals surface area contributed by atoms with Crippen molar-refractivity contribution in [3.05, 3.63) is 0 Å². The van der Waals surface area contributed by atoms with Gasteiger partial charge in [0.05, 0.1) is 0 Å². The molecular weight excluding hydrogens is 204 g/mol. The van der Waals surface area contributed by atoms with Crippen LogP contribution in [-0.2, 0) is 9.59 Å². The highest BCUT2D eigenvalue weighted by molar-refractivity contribution is 5.87. The van der Waals surface area contributed by atoms with Crippen molar-refractivity contribution in [1.82, 2.24) is 5.32 Å². The highest BCUT2D eigenvalue weighted by Gasteiger charge is 2.24. The summed E-state index contributed by atoms with van der Waals surface area (Å²) in [6.07, 6.45) is 10.4. The number of carbonyl (C=O) groups excluding carboxylic acids is 2. The number of hydrogen-bond donors (Lipinski definition) is 2. The van der Waals surface area contributed by atoms with E-state index in [1.165, 1.54) is 6.42 Å². The molecular formula is C12H18N2O2. The smallest absolute Gasteiger partial charge is 0.240 e. The van der Waals surface area contributed by atoms with E-state index in [4.69, 9.17) is 12.2 Å². The van der Waals surface area contributed by atoms with Crippen molar-refractivity contribution in [3.63, 3.8) is 0 Å². The number of rotatable bonds is 4. The van der Waals surface area contributed by atoms with E-state index in [9.17, 15) is 9.59 Å². The molecule has 1 fully saturated rings. The molecule has 4 heteroatoms. The van der Waals surface area contributed by atoms with Crippen molar-refractivity contribution in [2.45, 2.75) is 44.6 Å². The van der Waals surface area contributed by atoms with Crippen LogP contribution in [0, 0.1) is 18.3 Å². The Morgan fingerprint density at radius 1 is 1.38 bits per heavy atom. The van der Waals surface area contributed by atoms with E-state index < -0.39 is 11.9 Å². The van der Waals surface area contributed by atoms with Crippen molar-refractivity contribution >= 4 is 11.8 Å². The number of hydrogen-bond acceptors (Lipinski definition) is 2. The minimum absolute atomic E-state index is 0.0216. The summed E-state index contributed by atoms with van der Waals surface area (Å²) in [5.74, 6) is 1.71. The monoisotopic (exact) mass is 222 g/mol. The lowest BCUT2D eigenvalue weighted by molar-refractivity contribution is -0.130. The van der Waals surface area contributed by atoms with Crippen LogP contribution in [0.1, 0.15) is 38.5 Å². The van der Waals surface area contributed by atoms with E-state index in [1.807, 2.05) is 0 Å². The molecule has 2 amide bonds. The third-order valence-corrected chi connectivity index (χ3v) is 2.96. The molecule has 0 saturated heterocycles. The van der Waals surface area contributed by atoms with E-state index >= 15 is 0 Å². The predicted octanol–water partition coefficient (Wildman–Crippen LogP) is 0.560. The standard InChI is InChI=1S/C12H18N2O2/c1-2-6-10(11(13)15)14-12(16)9-7-4-3-5-8-9/h1,9-10H,3-8H2,(H2,13,15)(H,14,16)/t10-/m1/s1.